The number of fused-ring (bicyclic) bond motifs is 1. The molecule has 0 aliphatic carbocycles. The van der Waals surface area contributed by atoms with Crippen LogP contribution in [0.15, 0.2) is 21.9 Å². The van der Waals surface area contributed by atoms with Crippen LogP contribution in [-0.2, 0) is 30.2 Å². The Kier molecular flexibility index (Phi) is 2.88. The Balaban J connectivity index is 1.96. The van der Waals surface area contributed by atoms with Gasteiger partial charge >= 0.3 is 0 Å². The summed E-state index contributed by atoms with van der Waals surface area (Å²) in [6.07, 6.45) is 1.72. The first kappa shape index (κ1) is 12.6. The quantitative estimate of drug-likeness (QED) is 0.854. The molecule has 2 aromatic rings. The van der Waals surface area contributed by atoms with Gasteiger partial charge in [0.25, 0.3) is 10.0 Å². The fourth-order valence-corrected chi connectivity index (χ4v) is 4.96. The Bertz CT molecular complexity index is 717. The molecule has 3 heterocycles. The molecule has 0 bridgehead atoms. The van der Waals surface area contributed by atoms with Crippen LogP contribution in [0.1, 0.15) is 11.3 Å². The molecule has 19 heavy (non-hydrogen) atoms. The van der Waals surface area contributed by atoms with Crippen LogP contribution >= 0.6 is 11.3 Å². The Morgan fingerprint density at radius 3 is 2.89 bits per heavy atom. The molecule has 6 nitrogen and oxygen atoms in total. The lowest BCUT2D eigenvalue weighted by molar-refractivity contribution is 0.395. The number of methoxy groups -OCH3 is 1. The second-order valence-electron chi connectivity index (χ2n) is 4.29. The largest absolute Gasteiger partial charge is 0.494 e. The van der Waals surface area contributed by atoms with Crippen molar-refractivity contribution in [1.29, 1.82) is 0 Å². The molecule has 0 spiro atoms. The van der Waals surface area contributed by atoms with Gasteiger partial charge < -0.3 is 4.74 Å². The van der Waals surface area contributed by atoms with Gasteiger partial charge in [-0.05, 0) is 11.4 Å². The van der Waals surface area contributed by atoms with E-state index in [0.717, 1.165) is 11.3 Å². The SMILES string of the molecule is COc1ccsc1S(=O)(=O)N1Cc2cnn(C)c2C1. The average molecular weight is 299 g/mol. The van der Waals surface area contributed by atoms with Crippen LogP contribution in [0.2, 0.25) is 0 Å². The molecule has 0 saturated heterocycles. The van der Waals surface area contributed by atoms with Gasteiger partial charge in [-0.1, -0.05) is 0 Å². The molecule has 0 unspecified atom stereocenters. The summed E-state index contributed by atoms with van der Waals surface area (Å²) in [5.41, 5.74) is 1.90. The highest BCUT2D eigenvalue weighted by molar-refractivity contribution is 7.91. The van der Waals surface area contributed by atoms with Gasteiger partial charge in [-0.2, -0.15) is 9.40 Å². The number of hydrogen-bond acceptors (Lipinski definition) is 5. The molecule has 0 N–H and O–H groups in total. The van der Waals surface area contributed by atoms with Gasteiger partial charge in [0.15, 0.2) is 4.21 Å². The Morgan fingerprint density at radius 2 is 2.21 bits per heavy atom. The number of aryl methyl sites for hydroxylation is 1. The van der Waals surface area contributed by atoms with Crippen LogP contribution in [-0.4, -0.2) is 29.6 Å². The van der Waals surface area contributed by atoms with Crippen LogP contribution in [0.25, 0.3) is 0 Å². The summed E-state index contributed by atoms with van der Waals surface area (Å²) in [4.78, 5) is 0. The van der Waals surface area contributed by atoms with Crippen LogP contribution < -0.4 is 4.74 Å². The van der Waals surface area contributed by atoms with E-state index < -0.39 is 10.0 Å². The molecular formula is C11H13N3O3S2. The van der Waals surface area contributed by atoms with E-state index in [1.807, 2.05) is 7.05 Å². The van der Waals surface area contributed by atoms with E-state index in [4.69, 9.17) is 4.74 Å². The molecule has 102 valence electrons. The van der Waals surface area contributed by atoms with E-state index in [2.05, 4.69) is 5.10 Å². The predicted molar refractivity (Wildman–Crippen MR) is 70.5 cm³/mol. The predicted octanol–water partition coefficient (Wildman–Crippen LogP) is 1.19. The van der Waals surface area contributed by atoms with Gasteiger partial charge in [-0.3, -0.25) is 4.68 Å². The van der Waals surface area contributed by atoms with Crippen molar-refractivity contribution in [3.05, 3.63) is 28.9 Å². The highest BCUT2D eigenvalue weighted by Gasteiger charge is 2.35. The maximum atomic E-state index is 12.6. The second kappa shape index (κ2) is 4.32. The lowest BCUT2D eigenvalue weighted by Gasteiger charge is -2.15. The summed E-state index contributed by atoms with van der Waals surface area (Å²) in [7, 11) is -0.211. The van der Waals surface area contributed by atoms with Gasteiger partial charge in [0.2, 0.25) is 0 Å². The molecule has 0 atom stereocenters. The Labute approximate surface area is 115 Å². The number of thiophene rings is 1. The highest BCUT2D eigenvalue weighted by Crippen LogP contribution is 2.35. The van der Waals surface area contributed by atoms with Gasteiger partial charge in [-0.15, -0.1) is 11.3 Å². The van der Waals surface area contributed by atoms with E-state index >= 15 is 0 Å². The highest BCUT2D eigenvalue weighted by atomic mass is 32.2. The van der Waals surface area contributed by atoms with E-state index in [1.165, 1.54) is 22.8 Å². The molecule has 3 rings (SSSR count). The number of aromatic nitrogens is 2. The van der Waals surface area contributed by atoms with Gasteiger partial charge in [0.1, 0.15) is 5.75 Å². The standard InChI is InChI=1S/C11H13N3O3S2/c1-13-9-7-14(6-8(9)5-12-13)19(15,16)11-10(17-2)3-4-18-11/h3-5H,6-7H2,1-2H3. The number of nitrogens with zero attached hydrogens (tertiary/aromatic N) is 3. The lowest BCUT2D eigenvalue weighted by Crippen LogP contribution is -2.26. The van der Waals surface area contributed by atoms with Crippen LogP contribution in [0.5, 0.6) is 5.75 Å². The van der Waals surface area contributed by atoms with Crippen molar-refractivity contribution < 1.29 is 13.2 Å². The fraction of sp³-hybridized carbons (Fsp3) is 0.364. The average Bonchev–Trinajstić information content (AvgIpc) is 3.06. The first-order valence-electron chi connectivity index (χ1n) is 5.65. The van der Waals surface area contributed by atoms with Crippen LogP contribution in [0.3, 0.4) is 0 Å². The molecule has 1 aliphatic heterocycles. The third-order valence-corrected chi connectivity index (χ3v) is 6.43. The van der Waals surface area contributed by atoms with Gasteiger partial charge in [0, 0.05) is 19.2 Å². The molecule has 2 aromatic heterocycles. The molecule has 0 aromatic carbocycles. The minimum atomic E-state index is -3.51. The van der Waals surface area contributed by atoms with Gasteiger partial charge in [-0.25, -0.2) is 8.42 Å². The zero-order chi connectivity index (χ0) is 13.6. The van der Waals surface area contributed by atoms with Crippen LogP contribution in [0, 0.1) is 0 Å². The lowest BCUT2D eigenvalue weighted by atomic mass is 10.3. The number of ether oxygens (including phenoxy) is 1. The minimum Gasteiger partial charge on any atom is -0.494 e. The van der Waals surface area contributed by atoms with Crippen molar-refractivity contribution >= 4 is 21.4 Å². The molecule has 0 amide bonds. The first-order chi connectivity index (χ1) is 9.04. The summed E-state index contributed by atoms with van der Waals surface area (Å²) < 4.78 is 33.7. The summed E-state index contributed by atoms with van der Waals surface area (Å²) in [6, 6.07) is 1.67. The van der Waals surface area contributed by atoms with E-state index in [-0.39, 0.29) is 4.21 Å². The van der Waals surface area contributed by atoms with Crippen molar-refractivity contribution in [1.82, 2.24) is 14.1 Å². The third-order valence-electron chi connectivity index (χ3n) is 3.21. The van der Waals surface area contributed by atoms with Gasteiger partial charge in [0.05, 0.1) is 25.5 Å². The normalized spacial score (nSPS) is 15.7. The summed E-state index contributed by atoms with van der Waals surface area (Å²) in [5, 5.41) is 5.84. The summed E-state index contributed by atoms with van der Waals surface area (Å²) >= 11 is 1.18. The summed E-state index contributed by atoms with van der Waals surface area (Å²) in [6.45, 7) is 0.724. The smallest absolute Gasteiger partial charge is 0.256 e. The number of hydrogen-bond donors (Lipinski definition) is 0. The van der Waals surface area contributed by atoms with Crippen molar-refractivity contribution in [3.8, 4) is 5.75 Å². The maximum absolute atomic E-state index is 12.6. The van der Waals surface area contributed by atoms with Crippen LogP contribution in [0.4, 0.5) is 0 Å². The molecular weight excluding hydrogens is 286 g/mol. The van der Waals surface area contributed by atoms with E-state index in [0.29, 0.717) is 18.8 Å². The second-order valence-corrected chi connectivity index (χ2v) is 7.34. The molecule has 1 aliphatic rings. The zero-order valence-electron chi connectivity index (χ0n) is 10.5. The van der Waals surface area contributed by atoms with Crippen molar-refractivity contribution in [2.24, 2.45) is 7.05 Å². The van der Waals surface area contributed by atoms with E-state index in [9.17, 15) is 8.42 Å². The topological polar surface area (TPSA) is 64.4 Å². The number of sulfonamides is 1. The maximum Gasteiger partial charge on any atom is 0.256 e. The van der Waals surface area contributed by atoms with E-state index in [1.54, 1.807) is 22.3 Å². The zero-order valence-corrected chi connectivity index (χ0v) is 12.2. The molecule has 0 fully saturated rings. The third kappa shape index (κ3) is 1.87. The Hall–Kier alpha value is -1.38. The van der Waals surface area contributed by atoms with Crippen molar-refractivity contribution in [3.63, 3.8) is 0 Å². The van der Waals surface area contributed by atoms with Crippen molar-refractivity contribution in [2.75, 3.05) is 7.11 Å². The van der Waals surface area contributed by atoms with Crippen molar-refractivity contribution in [2.45, 2.75) is 17.3 Å². The minimum absolute atomic E-state index is 0.260. The first-order valence-corrected chi connectivity index (χ1v) is 7.97. The molecule has 0 radical (unpaired) electrons. The molecule has 0 saturated carbocycles. The number of rotatable bonds is 3. The Morgan fingerprint density at radius 1 is 1.42 bits per heavy atom. The summed E-state index contributed by atoms with van der Waals surface area (Å²) in [5.74, 6) is 0.402. The molecule has 8 heteroatoms. The fourth-order valence-electron chi connectivity index (χ4n) is 2.17. The monoisotopic (exact) mass is 299 g/mol.